The van der Waals surface area contributed by atoms with Crippen LogP contribution in [0.25, 0.3) is 0 Å². The van der Waals surface area contributed by atoms with E-state index < -0.39 is 66.4 Å². The molecule has 1 aliphatic rings. The first-order valence-corrected chi connectivity index (χ1v) is 11.3. The Morgan fingerprint density at radius 3 is 2.34 bits per heavy atom. The summed E-state index contributed by atoms with van der Waals surface area (Å²) >= 11 is 0. The number of nitrogens with zero attached hydrogens (tertiary/aromatic N) is 1. The van der Waals surface area contributed by atoms with E-state index in [0.29, 0.717) is 19.4 Å². The summed E-state index contributed by atoms with van der Waals surface area (Å²) in [5.74, 6) is -4.76. The normalized spacial score (nSPS) is 18.7. The summed E-state index contributed by atoms with van der Waals surface area (Å²) in [6.45, 7) is 1.55. The summed E-state index contributed by atoms with van der Waals surface area (Å²) in [6, 6.07) is 4.39. The highest BCUT2D eigenvalue weighted by Gasteiger charge is 2.38. The van der Waals surface area contributed by atoms with Gasteiger partial charge in [0.1, 0.15) is 18.1 Å². The summed E-state index contributed by atoms with van der Waals surface area (Å²) in [4.78, 5) is 62.0. The minimum absolute atomic E-state index is 0.288. The van der Waals surface area contributed by atoms with Gasteiger partial charge < -0.3 is 36.6 Å². The van der Waals surface area contributed by atoms with Crippen molar-refractivity contribution in [3.8, 4) is 0 Å². The van der Waals surface area contributed by atoms with Crippen molar-refractivity contribution >= 4 is 29.7 Å². The summed E-state index contributed by atoms with van der Waals surface area (Å²) in [5.41, 5.74) is 6.97. The van der Waals surface area contributed by atoms with Crippen molar-refractivity contribution in [2.24, 2.45) is 5.73 Å². The van der Waals surface area contributed by atoms with Gasteiger partial charge in [0.25, 0.3) is 0 Å². The number of aliphatic hydroxyl groups is 1. The zero-order valence-electron chi connectivity index (χ0n) is 19.4. The van der Waals surface area contributed by atoms with Crippen LogP contribution in [0.4, 0.5) is 0 Å². The molecule has 0 aliphatic carbocycles. The Balaban J connectivity index is 2.04. The van der Waals surface area contributed by atoms with Gasteiger partial charge in [-0.3, -0.25) is 19.2 Å². The maximum atomic E-state index is 13.0. The predicted octanol–water partition coefficient (Wildman–Crippen LogP) is -1.15. The monoisotopic (exact) mass is 492 g/mol. The molecule has 0 spiro atoms. The van der Waals surface area contributed by atoms with Gasteiger partial charge in [-0.25, -0.2) is 4.79 Å². The van der Waals surface area contributed by atoms with Crippen molar-refractivity contribution in [1.82, 2.24) is 15.5 Å². The van der Waals surface area contributed by atoms with Crippen molar-refractivity contribution in [2.75, 3.05) is 6.54 Å². The Labute approximate surface area is 202 Å². The molecule has 12 heteroatoms. The molecule has 3 amide bonds. The molecule has 5 unspecified atom stereocenters. The highest BCUT2D eigenvalue weighted by atomic mass is 16.4. The maximum absolute atomic E-state index is 13.0. The van der Waals surface area contributed by atoms with E-state index in [2.05, 4.69) is 10.6 Å². The lowest BCUT2D eigenvalue weighted by Crippen LogP contribution is -2.59. The molecule has 5 atom stereocenters. The number of benzene rings is 1. The standard InChI is InChI=1S/C23H32N4O8/c1-13(28)19(21(32)25-16(23(34)35)9-10-18(29)30)26-20(31)17-8-5-11-27(17)22(33)15(24)12-14-6-3-2-4-7-14/h2-4,6-7,13,15-17,19,28H,5,8-12,24H2,1H3,(H,25,32)(H,26,31)(H,29,30)(H,34,35). The molecule has 12 nitrogen and oxygen atoms in total. The zero-order valence-corrected chi connectivity index (χ0v) is 19.4. The molecule has 7 N–H and O–H groups in total. The molecule has 1 fully saturated rings. The van der Waals surface area contributed by atoms with Crippen molar-refractivity contribution in [1.29, 1.82) is 0 Å². The van der Waals surface area contributed by atoms with E-state index in [0.717, 1.165) is 5.56 Å². The van der Waals surface area contributed by atoms with E-state index in [9.17, 15) is 34.2 Å². The van der Waals surface area contributed by atoms with Gasteiger partial charge in [0.2, 0.25) is 17.7 Å². The molecule has 0 aromatic heterocycles. The molecule has 0 bridgehead atoms. The van der Waals surface area contributed by atoms with Gasteiger partial charge in [-0.2, -0.15) is 0 Å². The number of hydrogen-bond donors (Lipinski definition) is 6. The van der Waals surface area contributed by atoms with E-state index in [4.69, 9.17) is 10.8 Å². The molecule has 1 heterocycles. The molecule has 1 saturated heterocycles. The first-order valence-electron chi connectivity index (χ1n) is 11.3. The SMILES string of the molecule is CC(O)C(NC(=O)C1CCCN1C(=O)C(N)Cc1ccccc1)C(=O)NC(CCC(=O)O)C(=O)O. The fraction of sp³-hybridized carbons (Fsp3) is 0.522. The maximum Gasteiger partial charge on any atom is 0.326 e. The van der Waals surface area contributed by atoms with Gasteiger partial charge >= 0.3 is 11.9 Å². The van der Waals surface area contributed by atoms with Gasteiger partial charge in [0.15, 0.2) is 0 Å². The predicted molar refractivity (Wildman–Crippen MR) is 123 cm³/mol. The highest BCUT2D eigenvalue weighted by molar-refractivity contribution is 5.94. The molecule has 192 valence electrons. The van der Waals surface area contributed by atoms with Gasteiger partial charge in [-0.1, -0.05) is 30.3 Å². The Morgan fingerprint density at radius 2 is 1.77 bits per heavy atom. The first kappa shape index (κ1) is 27.7. The molecule has 0 saturated carbocycles. The van der Waals surface area contributed by atoms with E-state index in [1.54, 1.807) is 0 Å². The second-order valence-corrected chi connectivity index (χ2v) is 8.54. The van der Waals surface area contributed by atoms with Crippen LogP contribution in [0.2, 0.25) is 0 Å². The molecular weight excluding hydrogens is 460 g/mol. The van der Waals surface area contributed by atoms with Gasteiger partial charge in [-0.15, -0.1) is 0 Å². The summed E-state index contributed by atoms with van der Waals surface area (Å²) in [5, 5.41) is 32.6. The molecule has 1 aromatic rings. The van der Waals surface area contributed by atoms with Crippen molar-refractivity contribution in [2.45, 2.75) is 69.3 Å². The fourth-order valence-electron chi connectivity index (χ4n) is 3.91. The van der Waals surface area contributed by atoms with Crippen LogP contribution < -0.4 is 16.4 Å². The van der Waals surface area contributed by atoms with Crippen LogP contribution in [0, 0.1) is 0 Å². The second kappa shape index (κ2) is 12.8. The molecule has 1 aliphatic heterocycles. The number of nitrogens with two attached hydrogens (primary N) is 1. The van der Waals surface area contributed by atoms with Gasteiger partial charge in [0.05, 0.1) is 12.1 Å². The molecule has 0 radical (unpaired) electrons. The molecule has 35 heavy (non-hydrogen) atoms. The topological polar surface area (TPSA) is 199 Å². The lowest BCUT2D eigenvalue weighted by molar-refractivity contribution is -0.144. The van der Waals surface area contributed by atoms with E-state index in [1.165, 1.54) is 11.8 Å². The van der Waals surface area contributed by atoms with Crippen molar-refractivity contribution in [3.63, 3.8) is 0 Å². The Kier molecular flexibility index (Phi) is 10.2. The number of carbonyl (C=O) groups excluding carboxylic acids is 3. The number of aliphatic hydroxyl groups excluding tert-OH is 1. The average molecular weight is 493 g/mol. The van der Waals surface area contributed by atoms with Gasteiger partial charge in [-0.05, 0) is 38.2 Å². The van der Waals surface area contributed by atoms with E-state index >= 15 is 0 Å². The minimum Gasteiger partial charge on any atom is -0.481 e. The number of amides is 3. The van der Waals surface area contributed by atoms with Crippen LogP contribution in [0.15, 0.2) is 30.3 Å². The fourth-order valence-corrected chi connectivity index (χ4v) is 3.91. The quantitative estimate of drug-likeness (QED) is 0.208. The third-order valence-corrected chi connectivity index (χ3v) is 5.78. The highest BCUT2D eigenvalue weighted by Crippen LogP contribution is 2.19. The summed E-state index contributed by atoms with van der Waals surface area (Å²) in [7, 11) is 0. The number of aliphatic carboxylic acids is 2. The number of carboxylic acids is 2. The minimum atomic E-state index is -1.52. The van der Waals surface area contributed by atoms with E-state index in [-0.39, 0.29) is 12.8 Å². The van der Waals surface area contributed by atoms with Gasteiger partial charge in [0, 0.05) is 13.0 Å². The van der Waals surface area contributed by atoms with Crippen molar-refractivity contribution in [3.05, 3.63) is 35.9 Å². The number of nitrogens with one attached hydrogen (secondary N) is 2. The van der Waals surface area contributed by atoms with E-state index in [1.807, 2.05) is 30.3 Å². The van der Waals surface area contributed by atoms with Crippen LogP contribution in [0.3, 0.4) is 0 Å². The summed E-state index contributed by atoms with van der Waals surface area (Å²) < 4.78 is 0. The molecular formula is C23H32N4O8. The first-order chi connectivity index (χ1) is 16.5. The number of carbonyl (C=O) groups is 5. The molecule has 1 aromatic carbocycles. The third-order valence-electron chi connectivity index (χ3n) is 5.78. The Bertz CT molecular complexity index is 923. The zero-order chi connectivity index (χ0) is 26.1. The van der Waals surface area contributed by atoms with Crippen LogP contribution in [0.5, 0.6) is 0 Å². The number of carboxylic acid groups (broad SMARTS) is 2. The number of hydrogen-bond acceptors (Lipinski definition) is 7. The average Bonchev–Trinajstić information content (AvgIpc) is 3.29. The lowest BCUT2D eigenvalue weighted by Gasteiger charge is -2.29. The number of likely N-dealkylation sites (tertiary alicyclic amines) is 1. The van der Waals surface area contributed by atoms with Crippen LogP contribution in [-0.2, 0) is 30.4 Å². The Morgan fingerprint density at radius 1 is 1.11 bits per heavy atom. The smallest absolute Gasteiger partial charge is 0.326 e. The lowest BCUT2D eigenvalue weighted by atomic mass is 10.0. The van der Waals surface area contributed by atoms with Crippen LogP contribution in [0.1, 0.15) is 38.2 Å². The molecule has 2 rings (SSSR count). The van der Waals surface area contributed by atoms with Crippen molar-refractivity contribution < 1.29 is 39.3 Å². The van der Waals surface area contributed by atoms with Crippen LogP contribution >= 0.6 is 0 Å². The largest absolute Gasteiger partial charge is 0.481 e. The number of rotatable bonds is 12. The van der Waals surface area contributed by atoms with Crippen LogP contribution in [-0.4, -0.2) is 86.7 Å². The summed E-state index contributed by atoms with van der Waals surface area (Å²) in [6.07, 6.45) is -1.09. The second-order valence-electron chi connectivity index (χ2n) is 8.54. The third kappa shape index (κ3) is 8.04. The Hall–Kier alpha value is -3.51.